The third-order valence-corrected chi connectivity index (χ3v) is 4.59. The van der Waals surface area contributed by atoms with Crippen molar-refractivity contribution in [2.45, 2.75) is 46.1 Å². The Balaban J connectivity index is 4.45. The van der Waals surface area contributed by atoms with Gasteiger partial charge in [-0.15, -0.1) is 11.6 Å². The van der Waals surface area contributed by atoms with Gasteiger partial charge in [-0.3, -0.25) is 0 Å². The van der Waals surface area contributed by atoms with Gasteiger partial charge in [-0.1, -0.05) is 13.3 Å². The molecular formula is C10H22ClNO2S. The monoisotopic (exact) mass is 255 g/mol. The molecule has 0 radical (unpaired) electrons. The number of rotatable bonds is 8. The Morgan fingerprint density at radius 1 is 1.27 bits per heavy atom. The van der Waals surface area contributed by atoms with E-state index in [9.17, 15) is 8.42 Å². The first-order valence-corrected chi connectivity index (χ1v) is 7.65. The summed E-state index contributed by atoms with van der Waals surface area (Å²) in [6.45, 7) is 6.50. The summed E-state index contributed by atoms with van der Waals surface area (Å²) in [6.07, 6.45) is 2.45. The largest absolute Gasteiger partial charge is 0.214 e. The Kier molecular flexibility index (Phi) is 7.57. The van der Waals surface area contributed by atoms with Crippen molar-refractivity contribution in [2.75, 3.05) is 18.2 Å². The van der Waals surface area contributed by atoms with E-state index in [1.807, 2.05) is 13.8 Å². The van der Waals surface area contributed by atoms with Crippen molar-refractivity contribution >= 4 is 21.6 Å². The van der Waals surface area contributed by atoms with Crippen LogP contribution in [-0.2, 0) is 10.0 Å². The van der Waals surface area contributed by atoms with Crippen LogP contribution in [0.15, 0.2) is 0 Å². The Morgan fingerprint density at radius 2 is 1.87 bits per heavy atom. The molecule has 0 aliphatic carbocycles. The van der Waals surface area contributed by atoms with Crippen LogP contribution in [-0.4, -0.2) is 36.9 Å². The molecule has 3 nitrogen and oxygen atoms in total. The standard InChI is InChI=1S/C10H22ClNO2S/c1-4-5-8-12(10(2)3)15(13,14)9-6-7-11/h10H,4-9H2,1-3H3. The molecule has 0 aliphatic rings. The molecule has 0 aliphatic heterocycles. The number of unbranched alkanes of at least 4 members (excludes halogenated alkanes) is 1. The van der Waals surface area contributed by atoms with E-state index in [-0.39, 0.29) is 11.8 Å². The van der Waals surface area contributed by atoms with Crippen LogP contribution >= 0.6 is 11.6 Å². The predicted octanol–water partition coefficient (Wildman–Crippen LogP) is 2.46. The second kappa shape index (κ2) is 7.47. The fraction of sp³-hybridized carbons (Fsp3) is 1.00. The lowest BCUT2D eigenvalue weighted by Gasteiger charge is -2.25. The van der Waals surface area contributed by atoms with Crippen molar-refractivity contribution in [3.8, 4) is 0 Å². The van der Waals surface area contributed by atoms with E-state index in [2.05, 4.69) is 6.92 Å². The smallest absolute Gasteiger partial charge is 0.212 e. The number of hydrogen-bond donors (Lipinski definition) is 0. The molecule has 15 heavy (non-hydrogen) atoms. The molecule has 0 heterocycles. The molecule has 5 heteroatoms. The highest BCUT2D eigenvalue weighted by molar-refractivity contribution is 7.89. The van der Waals surface area contributed by atoms with Crippen LogP contribution in [0, 0.1) is 0 Å². The van der Waals surface area contributed by atoms with E-state index in [1.165, 1.54) is 0 Å². The fourth-order valence-electron chi connectivity index (χ4n) is 1.39. The molecule has 0 amide bonds. The van der Waals surface area contributed by atoms with Crippen LogP contribution in [0.4, 0.5) is 0 Å². The van der Waals surface area contributed by atoms with E-state index in [4.69, 9.17) is 11.6 Å². The SMILES string of the molecule is CCCCN(C(C)C)S(=O)(=O)CCCCl. The van der Waals surface area contributed by atoms with E-state index >= 15 is 0 Å². The van der Waals surface area contributed by atoms with Gasteiger partial charge in [-0.25, -0.2) is 8.42 Å². The second-order valence-corrected chi connectivity index (χ2v) is 6.34. The molecule has 0 aromatic carbocycles. The zero-order valence-electron chi connectivity index (χ0n) is 9.87. The summed E-state index contributed by atoms with van der Waals surface area (Å²) in [5.41, 5.74) is 0. The van der Waals surface area contributed by atoms with E-state index in [0.29, 0.717) is 18.8 Å². The lowest BCUT2D eigenvalue weighted by Crippen LogP contribution is -2.39. The van der Waals surface area contributed by atoms with Gasteiger partial charge >= 0.3 is 0 Å². The number of sulfonamides is 1. The van der Waals surface area contributed by atoms with Crippen LogP contribution in [0.1, 0.15) is 40.0 Å². The van der Waals surface area contributed by atoms with Crippen molar-refractivity contribution in [2.24, 2.45) is 0 Å². The summed E-state index contributed by atoms with van der Waals surface area (Å²) in [5.74, 6) is 0.567. The Morgan fingerprint density at radius 3 is 2.27 bits per heavy atom. The molecule has 0 saturated heterocycles. The highest BCUT2D eigenvalue weighted by atomic mass is 35.5. The lowest BCUT2D eigenvalue weighted by atomic mass is 10.3. The first-order chi connectivity index (χ1) is 6.95. The molecule has 0 fully saturated rings. The van der Waals surface area contributed by atoms with Crippen molar-refractivity contribution < 1.29 is 8.42 Å². The molecule has 0 rings (SSSR count). The number of hydrogen-bond acceptors (Lipinski definition) is 2. The highest BCUT2D eigenvalue weighted by Gasteiger charge is 2.23. The van der Waals surface area contributed by atoms with Crippen LogP contribution in [0.3, 0.4) is 0 Å². The van der Waals surface area contributed by atoms with Crippen LogP contribution in [0.5, 0.6) is 0 Å². The zero-order chi connectivity index (χ0) is 11.9. The molecule has 0 aromatic rings. The molecule has 92 valence electrons. The molecule has 0 N–H and O–H groups in total. The van der Waals surface area contributed by atoms with Gasteiger partial charge in [-0.2, -0.15) is 4.31 Å². The van der Waals surface area contributed by atoms with Gasteiger partial charge in [0.15, 0.2) is 0 Å². The minimum Gasteiger partial charge on any atom is -0.212 e. The Hall–Kier alpha value is 0.200. The molecule has 0 spiro atoms. The topological polar surface area (TPSA) is 37.4 Å². The Labute approximate surface area is 98.8 Å². The van der Waals surface area contributed by atoms with Gasteiger partial charge in [0.25, 0.3) is 0 Å². The number of halogens is 1. The van der Waals surface area contributed by atoms with Crippen molar-refractivity contribution in [1.29, 1.82) is 0 Å². The van der Waals surface area contributed by atoms with Crippen LogP contribution < -0.4 is 0 Å². The van der Waals surface area contributed by atoms with Gasteiger partial charge in [-0.05, 0) is 26.7 Å². The first kappa shape index (κ1) is 15.2. The number of nitrogens with zero attached hydrogens (tertiary/aromatic N) is 1. The lowest BCUT2D eigenvalue weighted by molar-refractivity contribution is 0.348. The van der Waals surface area contributed by atoms with Crippen molar-refractivity contribution in [3.05, 3.63) is 0 Å². The molecule has 0 bridgehead atoms. The molecule has 0 unspecified atom stereocenters. The predicted molar refractivity (Wildman–Crippen MR) is 65.9 cm³/mol. The second-order valence-electron chi connectivity index (χ2n) is 3.92. The van der Waals surface area contributed by atoms with Gasteiger partial charge in [0.05, 0.1) is 5.75 Å². The normalized spacial score (nSPS) is 12.7. The van der Waals surface area contributed by atoms with Crippen LogP contribution in [0.25, 0.3) is 0 Å². The van der Waals surface area contributed by atoms with Gasteiger partial charge < -0.3 is 0 Å². The summed E-state index contributed by atoms with van der Waals surface area (Å²) in [4.78, 5) is 0. The average Bonchev–Trinajstić information content (AvgIpc) is 2.14. The summed E-state index contributed by atoms with van der Waals surface area (Å²) >= 11 is 5.51. The highest BCUT2D eigenvalue weighted by Crippen LogP contribution is 2.10. The molecule has 0 atom stereocenters. The third kappa shape index (κ3) is 5.73. The van der Waals surface area contributed by atoms with E-state index in [0.717, 1.165) is 12.8 Å². The van der Waals surface area contributed by atoms with Crippen molar-refractivity contribution in [1.82, 2.24) is 4.31 Å². The van der Waals surface area contributed by atoms with E-state index < -0.39 is 10.0 Å². The minimum atomic E-state index is -3.11. The van der Waals surface area contributed by atoms with Crippen molar-refractivity contribution in [3.63, 3.8) is 0 Å². The summed E-state index contributed by atoms with van der Waals surface area (Å²) in [6, 6.07) is 0.0388. The minimum absolute atomic E-state index is 0.0388. The van der Waals surface area contributed by atoms with Gasteiger partial charge in [0.1, 0.15) is 0 Å². The average molecular weight is 256 g/mol. The maximum absolute atomic E-state index is 11.9. The quantitative estimate of drug-likeness (QED) is 0.625. The number of alkyl halides is 1. The first-order valence-electron chi connectivity index (χ1n) is 5.51. The maximum Gasteiger partial charge on any atom is 0.214 e. The fourth-order valence-corrected chi connectivity index (χ4v) is 3.47. The third-order valence-electron chi connectivity index (χ3n) is 2.20. The zero-order valence-corrected chi connectivity index (χ0v) is 11.4. The molecule has 0 saturated carbocycles. The van der Waals surface area contributed by atoms with Gasteiger partial charge in [0.2, 0.25) is 10.0 Å². The van der Waals surface area contributed by atoms with Crippen LogP contribution in [0.2, 0.25) is 0 Å². The Bertz CT molecular complexity index is 252. The molecular weight excluding hydrogens is 234 g/mol. The summed E-state index contributed by atoms with van der Waals surface area (Å²) in [5, 5.41) is 0. The summed E-state index contributed by atoms with van der Waals surface area (Å²) in [7, 11) is -3.11. The van der Waals surface area contributed by atoms with E-state index in [1.54, 1.807) is 4.31 Å². The maximum atomic E-state index is 11.9. The van der Waals surface area contributed by atoms with Gasteiger partial charge in [0, 0.05) is 18.5 Å². The molecule has 0 aromatic heterocycles. The summed E-state index contributed by atoms with van der Waals surface area (Å²) < 4.78 is 25.4.